The Hall–Kier alpha value is -0.0200. The minimum absolute atomic E-state index is 0.0803. The minimum Gasteiger partial charge on any atom is -0.332 e. The van der Waals surface area contributed by atoms with E-state index in [2.05, 4.69) is 4.52 Å². The first-order chi connectivity index (χ1) is 4.83. The summed E-state index contributed by atoms with van der Waals surface area (Å²) < 4.78 is 50.3. The zero-order valence-corrected chi connectivity index (χ0v) is 7.21. The summed E-state index contributed by atoms with van der Waals surface area (Å²) in [7, 11) is -2.39. The zero-order chi connectivity index (χ0) is 9.12. The maximum Gasteiger partial charge on any atom is 0.397 e. The Kier molecular flexibility index (Phi) is 3.58. The Morgan fingerprint density at radius 1 is 1.45 bits per heavy atom. The van der Waals surface area contributed by atoms with Crippen molar-refractivity contribution in [2.24, 2.45) is 0 Å². The normalized spacial score (nSPS) is 17.9. The van der Waals surface area contributed by atoms with Crippen LogP contribution in [0, 0.1) is 0 Å². The van der Waals surface area contributed by atoms with E-state index in [0.717, 1.165) is 7.11 Å². The van der Waals surface area contributed by atoms with Crippen molar-refractivity contribution < 1.29 is 22.3 Å². The van der Waals surface area contributed by atoms with E-state index >= 15 is 0 Å². The van der Waals surface area contributed by atoms with Gasteiger partial charge in [-0.2, -0.15) is 13.2 Å². The van der Waals surface area contributed by atoms with Gasteiger partial charge in [0, 0.05) is 13.3 Å². The second kappa shape index (κ2) is 3.59. The summed E-state index contributed by atoms with van der Waals surface area (Å²) >= 11 is 0. The van der Waals surface area contributed by atoms with Crippen LogP contribution in [0.4, 0.5) is 13.2 Å². The Morgan fingerprint density at radius 3 is 2.00 bits per heavy atom. The molecule has 0 aliphatic carbocycles. The van der Waals surface area contributed by atoms with Gasteiger partial charge >= 0.3 is 6.18 Å². The molecule has 11 heavy (non-hydrogen) atoms. The molecule has 0 amide bonds. The number of alkyl halides is 3. The molecule has 2 nitrogen and oxygen atoms in total. The van der Waals surface area contributed by atoms with Gasteiger partial charge in [-0.1, -0.05) is 6.92 Å². The van der Waals surface area contributed by atoms with Gasteiger partial charge in [-0.3, -0.25) is 4.57 Å². The van der Waals surface area contributed by atoms with Gasteiger partial charge in [-0.15, -0.1) is 0 Å². The van der Waals surface area contributed by atoms with Gasteiger partial charge in [-0.25, -0.2) is 0 Å². The smallest absolute Gasteiger partial charge is 0.332 e. The van der Waals surface area contributed by atoms with Gasteiger partial charge in [0.05, 0.1) is 0 Å². The van der Waals surface area contributed by atoms with Crippen LogP contribution in [-0.4, -0.2) is 25.6 Å². The highest BCUT2D eigenvalue weighted by Gasteiger charge is 2.37. The van der Waals surface area contributed by atoms with E-state index in [1.54, 1.807) is 0 Å². The lowest BCUT2D eigenvalue weighted by Crippen LogP contribution is -2.15. The highest BCUT2D eigenvalue weighted by molar-refractivity contribution is 7.59. The molecule has 0 fully saturated rings. The number of hydrogen-bond donors (Lipinski definition) is 0. The van der Waals surface area contributed by atoms with Crippen molar-refractivity contribution in [3.05, 3.63) is 0 Å². The van der Waals surface area contributed by atoms with Crippen LogP contribution in [0.5, 0.6) is 0 Å². The Labute approximate surface area is 63.2 Å². The molecular weight excluding hydrogens is 180 g/mol. The second-order valence-electron chi connectivity index (χ2n) is 2.09. The summed E-state index contributed by atoms with van der Waals surface area (Å²) in [5, 5.41) is 0. The first-order valence-electron chi connectivity index (χ1n) is 3.03. The number of hydrogen-bond acceptors (Lipinski definition) is 2. The Balaban J connectivity index is 4.21. The molecule has 1 atom stereocenters. The van der Waals surface area contributed by atoms with Crippen LogP contribution in [0.3, 0.4) is 0 Å². The SMILES string of the molecule is CCP(=O)(CC(F)(F)F)OC. The summed E-state index contributed by atoms with van der Waals surface area (Å²) in [5.41, 5.74) is 0. The lowest BCUT2D eigenvalue weighted by Gasteiger charge is -2.15. The maximum absolute atomic E-state index is 11.7. The zero-order valence-electron chi connectivity index (χ0n) is 6.31. The molecular formula is C5H10F3O2P. The highest BCUT2D eigenvalue weighted by atomic mass is 31.2. The van der Waals surface area contributed by atoms with E-state index < -0.39 is 19.7 Å². The Bertz CT molecular complexity index is 158. The monoisotopic (exact) mass is 190 g/mol. The molecule has 1 unspecified atom stereocenters. The van der Waals surface area contributed by atoms with Crippen molar-refractivity contribution >= 4 is 7.37 Å². The molecule has 0 heterocycles. The van der Waals surface area contributed by atoms with Gasteiger partial charge in [-0.05, 0) is 0 Å². The average Bonchev–Trinajstić information content (AvgIpc) is 1.84. The second-order valence-corrected chi connectivity index (χ2v) is 5.03. The third-order valence-corrected chi connectivity index (χ3v) is 3.70. The standard InChI is InChI=1S/C5H10F3O2P/c1-3-11(9,10-2)4-5(6,7)8/h3-4H2,1-2H3. The van der Waals surface area contributed by atoms with Gasteiger partial charge in [0.25, 0.3) is 0 Å². The van der Waals surface area contributed by atoms with E-state index in [9.17, 15) is 17.7 Å². The maximum atomic E-state index is 11.7. The number of halogens is 3. The third-order valence-electron chi connectivity index (χ3n) is 1.23. The highest BCUT2D eigenvalue weighted by Crippen LogP contribution is 2.49. The Morgan fingerprint density at radius 2 is 1.91 bits per heavy atom. The molecule has 0 saturated heterocycles. The predicted molar refractivity (Wildman–Crippen MR) is 36.1 cm³/mol. The molecule has 0 saturated carbocycles. The van der Waals surface area contributed by atoms with Gasteiger partial charge in [0.2, 0.25) is 7.37 Å². The fourth-order valence-electron chi connectivity index (χ4n) is 0.579. The van der Waals surface area contributed by atoms with Crippen LogP contribution < -0.4 is 0 Å². The largest absolute Gasteiger partial charge is 0.397 e. The summed E-state index contributed by atoms with van der Waals surface area (Å²) in [6, 6.07) is 0. The molecule has 0 aliphatic heterocycles. The quantitative estimate of drug-likeness (QED) is 0.639. The van der Waals surface area contributed by atoms with Crippen molar-refractivity contribution in [3.63, 3.8) is 0 Å². The summed E-state index contributed by atoms with van der Waals surface area (Å²) in [5.74, 6) is 0. The molecule has 0 rings (SSSR count). The summed E-state index contributed by atoms with van der Waals surface area (Å²) in [6.45, 7) is 1.41. The molecule has 0 bridgehead atoms. The molecule has 0 aromatic heterocycles. The van der Waals surface area contributed by atoms with Crippen molar-refractivity contribution in [2.45, 2.75) is 13.1 Å². The van der Waals surface area contributed by atoms with Crippen LogP contribution in [0.25, 0.3) is 0 Å². The molecule has 6 heteroatoms. The van der Waals surface area contributed by atoms with Crippen LogP contribution in [-0.2, 0) is 9.09 Å². The van der Waals surface area contributed by atoms with E-state index in [1.807, 2.05) is 0 Å². The van der Waals surface area contributed by atoms with E-state index in [0.29, 0.717) is 0 Å². The fourth-order valence-corrected chi connectivity index (χ4v) is 1.74. The topological polar surface area (TPSA) is 26.3 Å². The summed E-state index contributed by atoms with van der Waals surface area (Å²) in [4.78, 5) is 0. The first kappa shape index (κ1) is 11.0. The molecule has 0 aromatic carbocycles. The summed E-state index contributed by atoms with van der Waals surface area (Å²) in [6.07, 6.45) is -5.81. The van der Waals surface area contributed by atoms with Crippen molar-refractivity contribution in [1.29, 1.82) is 0 Å². The van der Waals surface area contributed by atoms with Gasteiger partial charge in [0.1, 0.15) is 6.16 Å². The molecule has 0 radical (unpaired) electrons. The van der Waals surface area contributed by atoms with Crippen LogP contribution in [0.1, 0.15) is 6.92 Å². The predicted octanol–water partition coefficient (Wildman–Crippen LogP) is 2.49. The molecule has 0 aromatic rings. The van der Waals surface area contributed by atoms with Crippen molar-refractivity contribution in [3.8, 4) is 0 Å². The van der Waals surface area contributed by atoms with Gasteiger partial charge in [0.15, 0.2) is 0 Å². The van der Waals surface area contributed by atoms with Crippen molar-refractivity contribution in [1.82, 2.24) is 0 Å². The van der Waals surface area contributed by atoms with E-state index in [1.165, 1.54) is 6.92 Å². The van der Waals surface area contributed by atoms with Crippen LogP contribution in [0.15, 0.2) is 0 Å². The van der Waals surface area contributed by atoms with Gasteiger partial charge < -0.3 is 4.52 Å². The minimum atomic E-state index is -4.40. The lowest BCUT2D eigenvalue weighted by atomic mass is 10.8. The third kappa shape index (κ3) is 4.43. The van der Waals surface area contributed by atoms with E-state index in [4.69, 9.17) is 0 Å². The average molecular weight is 190 g/mol. The van der Waals surface area contributed by atoms with Crippen LogP contribution >= 0.6 is 7.37 Å². The first-order valence-corrected chi connectivity index (χ1v) is 5.03. The van der Waals surface area contributed by atoms with Crippen LogP contribution in [0.2, 0.25) is 0 Å². The lowest BCUT2D eigenvalue weighted by molar-refractivity contribution is -0.108. The molecule has 68 valence electrons. The number of rotatable bonds is 3. The molecule has 0 aliphatic rings. The van der Waals surface area contributed by atoms with Crippen molar-refractivity contribution in [2.75, 3.05) is 19.4 Å². The van der Waals surface area contributed by atoms with E-state index in [-0.39, 0.29) is 6.16 Å². The fraction of sp³-hybridized carbons (Fsp3) is 1.00. The molecule has 0 N–H and O–H groups in total. The molecule has 0 spiro atoms.